The van der Waals surface area contributed by atoms with Gasteiger partial charge in [0.15, 0.2) is 5.17 Å². The van der Waals surface area contributed by atoms with Gasteiger partial charge in [-0.25, -0.2) is 4.99 Å². The van der Waals surface area contributed by atoms with Crippen molar-refractivity contribution in [1.29, 1.82) is 0 Å². The van der Waals surface area contributed by atoms with E-state index in [0.717, 1.165) is 11.8 Å². The number of aliphatic imine (C=N–C) groups is 1. The van der Waals surface area contributed by atoms with Gasteiger partial charge in [0.25, 0.3) is 0 Å². The summed E-state index contributed by atoms with van der Waals surface area (Å²) in [7, 11) is 0. The summed E-state index contributed by atoms with van der Waals surface area (Å²) in [4.78, 5) is 28.7. The molecule has 0 aliphatic carbocycles. The summed E-state index contributed by atoms with van der Waals surface area (Å²) in [6, 6.07) is 6.78. The number of carboxylic acid groups (broad SMARTS) is 1. The highest BCUT2D eigenvalue weighted by Gasteiger charge is 2.31. The number of rotatable bonds is 3. The molecule has 0 N–H and O–H groups in total. The van der Waals surface area contributed by atoms with E-state index in [4.69, 9.17) is 11.6 Å². The average Bonchev–Trinajstić information content (AvgIpc) is 2.41. The van der Waals surface area contributed by atoms with Crippen LogP contribution in [0.25, 0.3) is 0 Å². The zero-order valence-electron chi connectivity index (χ0n) is 10.7. The second kappa shape index (κ2) is 6.28. The molecule has 1 heterocycles. The average molecular weight is 312 g/mol. The Bertz CT molecular complexity index is 559. The largest absolute Gasteiger partial charge is 0.549 e. The summed E-state index contributed by atoms with van der Waals surface area (Å²) in [5, 5.41) is 11.0. The molecule has 0 spiro atoms. The van der Waals surface area contributed by atoms with Crippen molar-refractivity contribution in [3.63, 3.8) is 0 Å². The van der Waals surface area contributed by atoms with Crippen LogP contribution >= 0.6 is 23.4 Å². The number of carbonyl (C=O) groups excluding carboxylic acids is 2. The Hall–Kier alpha value is -1.53. The summed E-state index contributed by atoms with van der Waals surface area (Å²) >= 11 is 6.83. The predicted octanol–water partition coefficient (Wildman–Crippen LogP) is 1.43. The molecule has 1 aromatic carbocycles. The molecular weight excluding hydrogens is 300 g/mol. The van der Waals surface area contributed by atoms with Crippen LogP contribution in [0.5, 0.6) is 0 Å². The molecule has 1 aliphatic heterocycles. The predicted molar refractivity (Wildman–Crippen MR) is 76.9 cm³/mol. The Morgan fingerprint density at radius 3 is 2.70 bits per heavy atom. The van der Waals surface area contributed by atoms with E-state index >= 15 is 0 Å². The first-order valence-corrected chi connectivity index (χ1v) is 7.29. The molecule has 0 bridgehead atoms. The van der Waals surface area contributed by atoms with Crippen molar-refractivity contribution in [2.75, 3.05) is 6.54 Å². The quantitative estimate of drug-likeness (QED) is 0.846. The van der Waals surface area contributed by atoms with E-state index in [1.807, 2.05) is 6.92 Å². The number of hydrogen-bond donors (Lipinski definition) is 0. The summed E-state index contributed by atoms with van der Waals surface area (Å²) in [6.45, 7) is 2.26. The molecule has 106 valence electrons. The molecule has 1 fully saturated rings. The lowest BCUT2D eigenvalue weighted by molar-refractivity contribution is -0.304. The van der Waals surface area contributed by atoms with Gasteiger partial charge in [-0.15, -0.1) is 0 Å². The van der Waals surface area contributed by atoms with Crippen LogP contribution < -0.4 is 5.11 Å². The third kappa shape index (κ3) is 3.32. The van der Waals surface area contributed by atoms with Gasteiger partial charge in [0.05, 0.1) is 16.9 Å². The van der Waals surface area contributed by atoms with Crippen molar-refractivity contribution in [3.8, 4) is 0 Å². The smallest absolute Gasteiger partial charge is 0.230 e. The highest BCUT2D eigenvalue weighted by molar-refractivity contribution is 8.15. The fraction of sp³-hybridized carbons (Fsp3) is 0.308. The Balaban J connectivity index is 2.31. The van der Waals surface area contributed by atoms with E-state index in [1.165, 1.54) is 4.90 Å². The Labute approximate surface area is 125 Å². The van der Waals surface area contributed by atoms with Gasteiger partial charge in [-0.2, -0.15) is 0 Å². The van der Waals surface area contributed by atoms with Crippen LogP contribution in [-0.2, 0) is 9.59 Å². The van der Waals surface area contributed by atoms with Gasteiger partial charge < -0.3 is 9.90 Å². The fourth-order valence-electron chi connectivity index (χ4n) is 1.76. The van der Waals surface area contributed by atoms with Crippen molar-refractivity contribution in [2.24, 2.45) is 4.99 Å². The molecule has 20 heavy (non-hydrogen) atoms. The summed E-state index contributed by atoms with van der Waals surface area (Å²) in [6.07, 6.45) is -0.0690. The molecule has 1 atom stereocenters. The summed E-state index contributed by atoms with van der Waals surface area (Å²) in [5.74, 6) is -1.50. The maximum absolute atomic E-state index is 11.9. The van der Waals surface area contributed by atoms with Gasteiger partial charge in [-0.3, -0.25) is 9.69 Å². The van der Waals surface area contributed by atoms with E-state index in [-0.39, 0.29) is 12.3 Å². The number of carboxylic acids is 1. The number of amidine groups is 1. The summed E-state index contributed by atoms with van der Waals surface area (Å²) < 4.78 is 0. The van der Waals surface area contributed by atoms with Crippen LogP contribution in [0, 0.1) is 0 Å². The van der Waals surface area contributed by atoms with Gasteiger partial charge in [0.1, 0.15) is 0 Å². The molecule has 1 saturated heterocycles. The second-order valence-electron chi connectivity index (χ2n) is 4.14. The number of amides is 1. The first-order chi connectivity index (χ1) is 9.51. The van der Waals surface area contributed by atoms with Crippen LogP contribution in [0.3, 0.4) is 0 Å². The van der Waals surface area contributed by atoms with Crippen molar-refractivity contribution in [3.05, 3.63) is 29.3 Å². The lowest BCUT2D eigenvalue weighted by Crippen LogP contribution is -2.47. The minimum atomic E-state index is -1.25. The van der Waals surface area contributed by atoms with Crippen molar-refractivity contribution >= 4 is 46.1 Å². The minimum Gasteiger partial charge on any atom is -0.549 e. The van der Waals surface area contributed by atoms with Crippen molar-refractivity contribution in [2.45, 2.75) is 18.6 Å². The number of carbonyl (C=O) groups is 2. The molecule has 0 aromatic heterocycles. The second-order valence-corrected chi connectivity index (χ2v) is 5.74. The monoisotopic (exact) mass is 311 g/mol. The van der Waals surface area contributed by atoms with Gasteiger partial charge in [-0.05, 0) is 31.2 Å². The van der Waals surface area contributed by atoms with E-state index < -0.39 is 11.2 Å². The third-order valence-electron chi connectivity index (χ3n) is 2.77. The standard InChI is InChI=1S/C13H13ClN2O3S/c1-2-16-11(17)7-10(12(18)19)20-13(16)15-9-5-3-8(14)4-6-9/h3-6,10H,2,7H2,1H3,(H,18,19)/p-1/t10-/m1/s1. The highest BCUT2D eigenvalue weighted by Crippen LogP contribution is 2.28. The number of nitrogens with zero attached hydrogens (tertiary/aromatic N) is 2. The van der Waals surface area contributed by atoms with Crippen LogP contribution in [-0.4, -0.2) is 33.7 Å². The van der Waals surface area contributed by atoms with Crippen molar-refractivity contribution in [1.82, 2.24) is 4.90 Å². The summed E-state index contributed by atoms with van der Waals surface area (Å²) in [5.41, 5.74) is 0.613. The van der Waals surface area contributed by atoms with E-state index in [0.29, 0.717) is 22.4 Å². The SMILES string of the molecule is CCN1C(=O)C[C@H](C(=O)[O-])SC1=Nc1ccc(Cl)cc1. The van der Waals surface area contributed by atoms with Crippen LogP contribution in [0.2, 0.25) is 5.02 Å². The molecule has 1 aliphatic rings. The maximum Gasteiger partial charge on any atom is 0.230 e. The number of halogens is 1. The van der Waals surface area contributed by atoms with Gasteiger partial charge >= 0.3 is 0 Å². The van der Waals surface area contributed by atoms with Crippen molar-refractivity contribution < 1.29 is 14.7 Å². The molecule has 2 rings (SSSR count). The number of aliphatic carboxylic acids is 1. The number of hydrogen-bond acceptors (Lipinski definition) is 5. The third-order valence-corrected chi connectivity index (χ3v) is 4.19. The fourth-order valence-corrected chi connectivity index (χ4v) is 2.98. The molecule has 0 radical (unpaired) electrons. The molecular formula is C13H12ClN2O3S-. The van der Waals surface area contributed by atoms with Crippen LogP contribution in [0.4, 0.5) is 5.69 Å². The lowest BCUT2D eigenvalue weighted by Gasteiger charge is -2.31. The van der Waals surface area contributed by atoms with E-state index in [1.54, 1.807) is 24.3 Å². The molecule has 1 aromatic rings. The van der Waals surface area contributed by atoms with Crippen LogP contribution in [0.1, 0.15) is 13.3 Å². The minimum absolute atomic E-state index is 0.0690. The molecule has 0 unspecified atom stereocenters. The van der Waals surface area contributed by atoms with Gasteiger partial charge in [0, 0.05) is 18.0 Å². The number of thioether (sulfide) groups is 1. The molecule has 1 amide bonds. The Morgan fingerprint density at radius 2 is 2.15 bits per heavy atom. The number of benzene rings is 1. The van der Waals surface area contributed by atoms with Crippen LogP contribution in [0.15, 0.2) is 29.3 Å². The van der Waals surface area contributed by atoms with E-state index in [2.05, 4.69) is 4.99 Å². The first-order valence-electron chi connectivity index (χ1n) is 6.03. The normalized spacial score (nSPS) is 21.3. The topological polar surface area (TPSA) is 72.8 Å². The lowest BCUT2D eigenvalue weighted by atomic mass is 10.2. The Morgan fingerprint density at radius 1 is 1.50 bits per heavy atom. The molecule has 0 saturated carbocycles. The highest BCUT2D eigenvalue weighted by atomic mass is 35.5. The van der Waals surface area contributed by atoms with E-state index in [9.17, 15) is 14.7 Å². The maximum atomic E-state index is 11.9. The molecule has 5 nitrogen and oxygen atoms in total. The Kier molecular flexibility index (Phi) is 4.67. The first kappa shape index (κ1) is 14.9. The zero-order chi connectivity index (χ0) is 14.7. The molecule has 7 heteroatoms. The zero-order valence-corrected chi connectivity index (χ0v) is 12.3. The van der Waals surface area contributed by atoms with Gasteiger partial charge in [0.2, 0.25) is 5.91 Å². The van der Waals surface area contributed by atoms with Gasteiger partial charge in [-0.1, -0.05) is 23.4 Å².